The van der Waals surface area contributed by atoms with Gasteiger partial charge in [-0.15, -0.1) is 0 Å². The molecule has 1 saturated heterocycles. The summed E-state index contributed by atoms with van der Waals surface area (Å²) in [6.07, 6.45) is 1.13. The second kappa shape index (κ2) is 6.20. The Morgan fingerprint density at radius 3 is 2.65 bits per heavy atom. The highest BCUT2D eigenvalue weighted by Gasteiger charge is 2.32. The number of hydrogen-bond donors (Lipinski definition) is 1. The maximum absolute atomic E-state index is 6.42. The monoisotopic (exact) mass is 298 g/mol. The Labute approximate surface area is 125 Å². The van der Waals surface area contributed by atoms with Crippen molar-refractivity contribution in [1.29, 1.82) is 0 Å². The van der Waals surface area contributed by atoms with Crippen molar-refractivity contribution in [3.8, 4) is 11.5 Å². The normalized spacial score (nSPS) is 23.1. The number of hydrogen-bond acceptors (Lipinski definition) is 4. The predicted molar refractivity (Wildman–Crippen MR) is 81.6 cm³/mol. The molecule has 0 bridgehead atoms. The van der Waals surface area contributed by atoms with E-state index in [1.54, 1.807) is 14.2 Å². The lowest BCUT2D eigenvalue weighted by Crippen LogP contribution is -2.31. The van der Waals surface area contributed by atoms with Gasteiger partial charge in [0.1, 0.15) is 0 Å². The fraction of sp³-hybridized carbons (Fsp3) is 0.600. The summed E-state index contributed by atoms with van der Waals surface area (Å²) in [5.74, 6) is 1.27. The first-order valence-corrected chi connectivity index (χ1v) is 7.22. The summed E-state index contributed by atoms with van der Waals surface area (Å²) in [5, 5.41) is 0.633. The molecule has 1 aliphatic rings. The summed E-state index contributed by atoms with van der Waals surface area (Å²) in [6, 6.07) is 3.90. The topological polar surface area (TPSA) is 47.7 Å². The third-order valence-corrected chi connectivity index (χ3v) is 4.50. The number of ether oxygens (including phenoxy) is 2. The van der Waals surface area contributed by atoms with Gasteiger partial charge in [0.25, 0.3) is 0 Å². The quantitative estimate of drug-likeness (QED) is 0.907. The number of nitrogens with two attached hydrogens (primary N) is 1. The SMILES string of the molecule is COc1ccc(CN2CCC(C)(CN)C2)c(Cl)c1OC. The molecule has 1 aliphatic heterocycles. The molecule has 0 radical (unpaired) electrons. The van der Waals surface area contributed by atoms with Crippen LogP contribution in [0.1, 0.15) is 18.9 Å². The minimum atomic E-state index is 0.225. The maximum atomic E-state index is 6.42. The lowest BCUT2D eigenvalue weighted by atomic mass is 9.90. The van der Waals surface area contributed by atoms with E-state index in [1.807, 2.05) is 12.1 Å². The lowest BCUT2D eigenvalue weighted by Gasteiger charge is -2.23. The van der Waals surface area contributed by atoms with Gasteiger partial charge in [0.05, 0.1) is 19.2 Å². The van der Waals surface area contributed by atoms with Crippen LogP contribution in [0, 0.1) is 5.41 Å². The molecule has 20 heavy (non-hydrogen) atoms. The number of benzene rings is 1. The Balaban J connectivity index is 2.15. The standard InChI is InChI=1S/C15H23ClN2O2/c1-15(9-17)6-7-18(10-15)8-11-4-5-12(19-2)14(20-3)13(11)16/h4-5H,6-10,17H2,1-3H3. The Hall–Kier alpha value is -0.970. The Kier molecular flexibility index (Phi) is 4.78. The van der Waals surface area contributed by atoms with Crippen molar-refractivity contribution in [3.63, 3.8) is 0 Å². The molecular formula is C15H23ClN2O2. The molecule has 0 spiro atoms. The molecule has 1 unspecified atom stereocenters. The van der Waals surface area contributed by atoms with Crippen molar-refractivity contribution < 1.29 is 9.47 Å². The van der Waals surface area contributed by atoms with E-state index in [0.29, 0.717) is 16.5 Å². The van der Waals surface area contributed by atoms with E-state index in [1.165, 1.54) is 0 Å². The average Bonchev–Trinajstić information content (AvgIpc) is 2.83. The van der Waals surface area contributed by atoms with Gasteiger partial charge in [0, 0.05) is 13.1 Å². The van der Waals surface area contributed by atoms with E-state index in [0.717, 1.165) is 38.2 Å². The third kappa shape index (κ3) is 3.03. The zero-order chi connectivity index (χ0) is 14.8. The van der Waals surface area contributed by atoms with Gasteiger partial charge in [-0.25, -0.2) is 0 Å². The first-order valence-electron chi connectivity index (χ1n) is 6.85. The molecule has 1 aromatic rings. The molecule has 0 saturated carbocycles. The second-order valence-electron chi connectivity index (χ2n) is 5.75. The second-order valence-corrected chi connectivity index (χ2v) is 6.13. The highest BCUT2D eigenvalue weighted by molar-refractivity contribution is 6.33. The van der Waals surface area contributed by atoms with Crippen LogP contribution in [0.3, 0.4) is 0 Å². The van der Waals surface area contributed by atoms with Crippen LogP contribution in [-0.2, 0) is 6.54 Å². The molecular weight excluding hydrogens is 276 g/mol. The van der Waals surface area contributed by atoms with E-state index in [4.69, 9.17) is 26.8 Å². The maximum Gasteiger partial charge on any atom is 0.179 e. The van der Waals surface area contributed by atoms with Gasteiger partial charge in [-0.1, -0.05) is 24.6 Å². The Bertz CT molecular complexity index is 481. The molecule has 4 nitrogen and oxygen atoms in total. The van der Waals surface area contributed by atoms with Crippen LogP contribution in [0.4, 0.5) is 0 Å². The first-order chi connectivity index (χ1) is 9.53. The van der Waals surface area contributed by atoms with Gasteiger partial charge in [-0.3, -0.25) is 4.90 Å². The largest absolute Gasteiger partial charge is 0.493 e. The van der Waals surface area contributed by atoms with Crippen molar-refractivity contribution in [1.82, 2.24) is 4.90 Å². The van der Waals surface area contributed by atoms with Gasteiger partial charge < -0.3 is 15.2 Å². The number of likely N-dealkylation sites (tertiary alicyclic amines) is 1. The molecule has 1 atom stereocenters. The molecule has 1 heterocycles. The minimum absolute atomic E-state index is 0.225. The van der Waals surface area contributed by atoms with Crippen LogP contribution >= 0.6 is 11.6 Å². The summed E-state index contributed by atoms with van der Waals surface area (Å²) < 4.78 is 10.6. The molecule has 0 aliphatic carbocycles. The van der Waals surface area contributed by atoms with Gasteiger partial charge in [-0.2, -0.15) is 0 Å². The number of methoxy groups -OCH3 is 2. The molecule has 112 valence electrons. The van der Waals surface area contributed by atoms with Crippen LogP contribution in [0.15, 0.2) is 12.1 Å². The van der Waals surface area contributed by atoms with E-state index in [-0.39, 0.29) is 5.41 Å². The molecule has 5 heteroatoms. The molecule has 2 N–H and O–H groups in total. The first kappa shape index (κ1) is 15.4. The zero-order valence-corrected chi connectivity index (χ0v) is 13.2. The average molecular weight is 299 g/mol. The highest BCUT2D eigenvalue weighted by Crippen LogP contribution is 2.38. The van der Waals surface area contributed by atoms with Crippen molar-refractivity contribution >= 4 is 11.6 Å². The number of nitrogens with zero attached hydrogens (tertiary/aromatic N) is 1. The summed E-state index contributed by atoms with van der Waals surface area (Å²) >= 11 is 6.42. The van der Waals surface area contributed by atoms with Crippen molar-refractivity contribution in [2.24, 2.45) is 11.1 Å². The van der Waals surface area contributed by atoms with Crippen LogP contribution in [0.25, 0.3) is 0 Å². The van der Waals surface area contributed by atoms with E-state index < -0.39 is 0 Å². The smallest absolute Gasteiger partial charge is 0.179 e. The summed E-state index contributed by atoms with van der Waals surface area (Å²) in [7, 11) is 3.22. The van der Waals surface area contributed by atoms with E-state index in [2.05, 4.69) is 11.8 Å². The number of halogens is 1. The number of rotatable bonds is 5. The predicted octanol–water partition coefficient (Wildman–Crippen LogP) is 2.53. The van der Waals surface area contributed by atoms with Gasteiger partial charge in [0.2, 0.25) is 0 Å². The Morgan fingerprint density at radius 2 is 2.10 bits per heavy atom. The van der Waals surface area contributed by atoms with Gasteiger partial charge in [-0.05, 0) is 36.6 Å². The van der Waals surface area contributed by atoms with Gasteiger partial charge in [0.15, 0.2) is 11.5 Å². The summed E-state index contributed by atoms with van der Waals surface area (Å²) in [4.78, 5) is 2.39. The molecule has 0 aromatic heterocycles. The third-order valence-electron chi connectivity index (χ3n) is 4.09. The van der Waals surface area contributed by atoms with E-state index >= 15 is 0 Å². The van der Waals surface area contributed by atoms with Crippen LogP contribution in [0.5, 0.6) is 11.5 Å². The molecule has 2 rings (SSSR count). The van der Waals surface area contributed by atoms with E-state index in [9.17, 15) is 0 Å². The summed E-state index contributed by atoms with van der Waals surface area (Å²) in [5.41, 5.74) is 7.13. The summed E-state index contributed by atoms with van der Waals surface area (Å²) in [6.45, 7) is 5.84. The van der Waals surface area contributed by atoms with Crippen LogP contribution < -0.4 is 15.2 Å². The minimum Gasteiger partial charge on any atom is -0.493 e. The van der Waals surface area contributed by atoms with Crippen LogP contribution in [0.2, 0.25) is 5.02 Å². The fourth-order valence-corrected chi connectivity index (χ4v) is 3.01. The van der Waals surface area contributed by atoms with Gasteiger partial charge >= 0.3 is 0 Å². The Morgan fingerprint density at radius 1 is 1.35 bits per heavy atom. The fourth-order valence-electron chi connectivity index (χ4n) is 2.72. The zero-order valence-electron chi connectivity index (χ0n) is 12.4. The van der Waals surface area contributed by atoms with Crippen LogP contribution in [-0.4, -0.2) is 38.8 Å². The van der Waals surface area contributed by atoms with Crippen molar-refractivity contribution in [2.75, 3.05) is 33.9 Å². The highest BCUT2D eigenvalue weighted by atomic mass is 35.5. The molecule has 1 fully saturated rings. The van der Waals surface area contributed by atoms with Crippen molar-refractivity contribution in [3.05, 3.63) is 22.7 Å². The lowest BCUT2D eigenvalue weighted by molar-refractivity contribution is 0.274. The molecule has 0 amide bonds. The molecule has 1 aromatic carbocycles. The van der Waals surface area contributed by atoms with Crippen molar-refractivity contribution in [2.45, 2.75) is 19.9 Å².